The van der Waals surface area contributed by atoms with Crippen molar-refractivity contribution < 1.29 is 9.90 Å². The third kappa shape index (κ3) is 3.76. The number of likely N-dealkylation sites (tertiary alicyclic amines) is 1. The SMILES string of the molecule is CC1CN(Cc2ccc(C(=O)O)cc2)CC1c1nc2c(cnn2C2CCCC2)c(=O)[nH]1. The molecule has 0 spiro atoms. The van der Waals surface area contributed by atoms with Gasteiger partial charge in [-0.25, -0.2) is 14.5 Å². The predicted octanol–water partition coefficient (Wildman–Crippen LogP) is 3.17. The summed E-state index contributed by atoms with van der Waals surface area (Å²) in [6.45, 7) is 4.63. The minimum atomic E-state index is -0.913. The Hall–Kier alpha value is -3.00. The number of benzene rings is 1. The molecule has 2 aromatic heterocycles. The molecule has 31 heavy (non-hydrogen) atoms. The Balaban J connectivity index is 1.38. The van der Waals surface area contributed by atoms with Crippen LogP contribution in [-0.4, -0.2) is 48.8 Å². The van der Waals surface area contributed by atoms with E-state index in [2.05, 4.69) is 21.9 Å². The van der Waals surface area contributed by atoms with Crippen molar-refractivity contribution in [2.24, 2.45) is 5.92 Å². The van der Waals surface area contributed by atoms with Gasteiger partial charge in [0.2, 0.25) is 0 Å². The zero-order chi connectivity index (χ0) is 21.5. The highest BCUT2D eigenvalue weighted by Gasteiger charge is 2.33. The number of H-pyrrole nitrogens is 1. The van der Waals surface area contributed by atoms with E-state index in [1.165, 1.54) is 12.8 Å². The standard InChI is InChI=1S/C23H27N5O3/c1-14-11-27(12-15-6-8-16(9-7-15)23(30)31)13-19(14)20-25-21-18(22(29)26-20)10-24-28(21)17-4-2-3-5-17/h6-10,14,17,19H,2-5,11-13H2,1H3,(H,30,31)(H,25,26,29). The van der Waals surface area contributed by atoms with Gasteiger partial charge in [0.15, 0.2) is 5.65 Å². The summed E-state index contributed by atoms with van der Waals surface area (Å²) in [5, 5.41) is 14.1. The highest BCUT2D eigenvalue weighted by Crippen LogP contribution is 2.33. The number of hydrogen-bond acceptors (Lipinski definition) is 5. The van der Waals surface area contributed by atoms with Crippen LogP contribution in [-0.2, 0) is 6.54 Å². The molecule has 2 N–H and O–H groups in total. The molecular weight excluding hydrogens is 394 g/mol. The molecule has 5 rings (SSSR count). The van der Waals surface area contributed by atoms with Crippen LogP contribution in [0, 0.1) is 5.92 Å². The Morgan fingerprint density at radius 1 is 1.19 bits per heavy atom. The van der Waals surface area contributed by atoms with E-state index in [4.69, 9.17) is 10.1 Å². The smallest absolute Gasteiger partial charge is 0.335 e. The predicted molar refractivity (Wildman–Crippen MR) is 116 cm³/mol. The first-order valence-electron chi connectivity index (χ1n) is 11.0. The number of carbonyl (C=O) groups is 1. The molecule has 2 atom stereocenters. The van der Waals surface area contributed by atoms with Crippen LogP contribution >= 0.6 is 0 Å². The van der Waals surface area contributed by atoms with E-state index in [1.807, 2.05) is 16.8 Å². The van der Waals surface area contributed by atoms with Gasteiger partial charge in [0.05, 0.1) is 17.8 Å². The lowest BCUT2D eigenvalue weighted by atomic mass is 9.97. The van der Waals surface area contributed by atoms with Gasteiger partial charge in [-0.1, -0.05) is 31.9 Å². The number of aromatic amines is 1. The zero-order valence-electron chi connectivity index (χ0n) is 17.6. The fourth-order valence-corrected chi connectivity index (χ4v) is 5.11. The normalized spacial score (nSPS) is 22.5. The van der Waals surface area contributed by atoms with E-state index in [0.717, 1.165) is 43.9 Å². The molecule has 3 aromatic rings. The number of aromatic nitrogens is 4. The molecule has 0 radical (unpaired) electrons. The summed E-state index contributed by atoms with van der Waals surface area (Å²) in [6.07, 6.45) is 6.23. The molecule has 8 nitrogen and oxygen atoms in total. The molecule has 0 amide bonds. The first-order valence-corrected chi connectivity index (χ1v) is 11.0. The Bertz CT molecular complexity index is 1160. The first-order chi connectivity index (χ1) is 15.0. The molecule has 2 aliphatic rings. The van der Waals surface area contributed by atoms with Crippen LogP contribution in [0.15, 0.2) is 35.3 Å². The molecule has 1 aliphatic heterocycles. The van der Waals surface area contributed by atoms with Crippen LogP contribution in [0.2, 0.25) is 0 Å². The topological polar surface area (TPSA) is 104 Å². The molecule has 0 bridgehead atoms. The summed E-state index contributed by atoms with van der Waals surface area (Å²) in [5.74, 6) is 0.321. The van der Waals surface area contributed by atoms with Crippen LogP contribution in [0.5, 0.6) is 0 Å². The van der Waals surface area contributed by atoms with Crippen LogP contribution < -0.4 is 5.56 Å². The minimum absolute atomic E-state index is 0.112. The molecule has 2 unspecified atom stereocenters. The second-order valence-corrected chi connectivity index (χ2v) is 9.00. The van der Waals surface area contributed by atoms with Crippen molar-refractivity contribution in [1.29, 1.82) is 0 Å². The molecule has 3 heterocycles. The summed E-state index contributed by atoms with van der Waals surface area (Å²) in [5.41, 5.74) is 1.97. The average molecular weight is 422 g/mol. The number of nitrogens with zero attached hydrogens (tertiary/aromatic N) is 4. The van der Waals surface area contributed by atoms with E-state index < -0.39 is 5.97 Å². The number of carboxylic acids is 1. The fraction of sp³-hybridized carbons (Fsp3) is 0.478. The molecular formula is C23H27N5O3. The second-order valence-electron chi connectivity index (χ2n) is 9.00. The van der Waals surface area contributed by atoms with Crippen LogP contribution in [0.3, 0.4) is 0 Å². The maximum Gasteiger partial charge on any atom is 0.335 e. The van der Waals surface area contributed by atoms with Crippen molar-refractivity contribution >= 4 is 17.0 Å². The average Bonchev–Trinajstić information content (AvgIpc) is 3.48. The summed E-state index contributed by atoms with van der Waals surface area (Å²) in [6, 6.07) is 7.37. The quantitative estimate of drug-likeness (QED) is 0.656. The third-order valence-corrected chi connectivity index (χ3v) is 6.80. The maximum absolute atomic E-state index is 12.7. The number of aromatic carboxylic acids is 1. The molecule has 1 aromatic carbocycles. The number of rotatable bonds is 5. The van der Waals surface area contributed by atoms with Gasteiger partial charge in [0.1, 0.15) is 11.2 Å². The van der Waals surface area contributed by atoms with Crippen molar-refractivity contribution in [3.8, 4) is 0 Å². The largest absolute Gasteiger partial charge is 0.478 e. The summed E-state index contributed by atoms with van der Waals surface area (Å²) in [4.78, 5) is 34.1. The van der Waals surface area contributed by atoms with Gasteiger partial charge in [0, 0.05) is 25.6 Å². The van der Waals surface area contributed by atoms with Gasteiger partial charge >= 0.3 is 5.97 Å². The third-order valence-electron chi connectivity index (χ3n) is 6.80. The zero-order valence-corrected chi connectivity index (χ0v) is 17.6. The minimum Gasteiger partial charge on any atom is -0.478 e. The molecule has 162 valence electrons. The lowest BCUT2D eigenvalue weighted by molar-refractivity contribution is 0.0697. The van der Waals surface area contributed by atoms with E-state index in [1.54, 1.807) is 18.3 Å². The van der Waals surface area contributed by atoms with E-state index in [9.17, 15) is 9.59 Å². The van der Waals surface area contributed by atoms with Crippen molar-refractivity contribution in [3.05, 3.63) is 57.8 Å². The van der Waals surface area contributed by atoms with Crippen LogP contribution in [0.1, 0.15) is 66.3 Å². The highest BCUT2D eigenvalue weighted by atomic mass is 16.4. The van der Waals surface area contributed by atoms with Crippen molar-refractivity contribution in [2.45, 2.75) is 51.1 Å². The van der Waals surface area contributed by atoms with E-state index in [0.29, 0.717) is 28.6 Å². The van der Waals surface area contributed by atoms with Gasteiger partial charge in [-0.05, 0) is 36.5 Å². The number of nitrogens with one attached hydrogen (secondary N) is 1. The Kier molecular flexibility index (Phi) is 5.09. The van der Waals surface area contributed by atoms with E-state index >= 15 is 0 Å². The summed E-state index contributed by atoms with van der Waals surface area (Å²) < 4.78 is 1.96. The number of fused-ring (bicyclic) bond motifs is 1. The monoisotopic (exact) mass is 421 g/mol. The van der Waals surface area contributed by atoms with Gasteiger partial charge in [-0.2, -0.15) is 5.10 Å². The van der Waals surface area contributed by atoms with Crippen molar-refractivity contribution in [1.82, 2.24) is 24.6 Å². The van der Waals surface area contributed by atoms with Gasteiger partial charge in [-0.3, -0.25) is 9.69 Å². The Morgan fingerprint density at radius 2 is 1.94 bits per heavy atom. The summed E-state index contributed by atoms with van der Waals surface area (Å²) in [7, 11) is 0. The number of hydrogen-bond donors (Lipinski definition) is 2. The van der Waals surface area contributed by atoms with Gasteiger partial charge in [0.25, 0.3) is 5.56 Å². The molecule has 1 saturated heterocycles. The van der Waals surface area contributed by atoms with Crippen LogP contribution in [0.25, 0.3) is 11.0 Å². The van der Waals surface area contributed by atoms with Gasteiger partial charge < -0.3 is 10.1 Å². The lowest BCUT2D eigenvalue weighted by Crippen LogP contribution is -2.21. The van der Waals surface area contributed by atoms with Crippen LogP contribution in [0.4, 0.5) is 0 Å². The van der Waals surface area contributed by atoms with Crippen molar-refractivity contribution in [2.75, 3.05) is 13.1 Å². The fourth-order valence-electron chi connectivity index (χ4n) is 5.11. The van der Waals surface area contributed by atoms with Gasteiger partial charge in [-0.15, -0.1) is 0 Å². The number of carboxylic acid groups (broad SMARTS) is 1. The highest BCUT2D eigenvalue weighted by molar-refractivity contribution is 5.87. The Labute approximate surface area is 179 Å². The summed E-state index contributed by atoms with van der Waals surface area (Å²) >= 11 is 0. The molecule has 1 aliphatic carbocycles. The molecule has 1 saturated carbocycles. The van der Waals surface area contributed by atoms with Crippen molar-refractivity contribution in [3.63, 3.8) is 0 Å². The Morgan fingerprint density at radius 3 is 2.65 bits per heavy atom. The maximum atomic E-state index is 12.7. The lowest BCUT2D eigenvalue weighted by Gasteiger charge is -2.16. The second kappa shape index (κ2) is 7.92. The van der Waals surface area contributed by atoms with E-state index in [-0.39, 0.29) is 11.5 Å². The molecule has 2 fully saturated rings. The molecule has 8 heteroatoms. The first kappa shape index (κ1) is 19.9.